The predicted octanol–water partition coefficient (Wildman–Crippen LogP) is 1.91. The van der Waals surface area contributed by atoms with E-state index in [1.807, 2.05) is 24.3 Å². The highest BCUT2D eigenvalue weighted by atomic mass is 35.5. The number of aromatic amines is 1. The lowest BCUT2D eigenvalue weighted by Crippen LogP contribution is -2.49. The van der Waals surface area contributed by atoms with E-state index in [1.165, 1.54) is 12.1 Å². The van der Waals surface area contributed by atoms with Crippen molar-refractivity contribution in [2.45, 2.75) is 12.5 Å². The van der Waals surface area contributed by atoms with Crippen LogP contribution >= 0.6 is 11.6 Å². The Labute approximate surface area is 143 Å². The van der Waals surface area contributed by atoms with Crippen LogP contribution in [0.3, 0.4) is 0 Å². The number of carboxylic acid groups (broad SMARTS) is 1. The first-order valence-electron chi connectivity index (χ1n) is 7.37. The van der Waals surface area contributed by atoms with Crippen molar-refractivity contribution in [3.8, 4) is 0 Å². The van der Waals surface area contributed by atoms with Crippen molar-refractivity contribution in [1.82, 2.24) is 10.3 Å². The topological polar surface area (TPSA) is 85.0 Å². The first kappa shape index (κ1) is 16.1. The Morgan fingerprint density at radius 2 is 1.83 bits per heavy atom. The summed E-state index contributed by atoms with van der Waals surface area (Å²) in [5, 5.41) is 15.3. The van der Waals surface area contributed by atoms with Crippen LogP contribution in [0.5, 0.6) is 0 Å². The Morgan fingerprint density at radius 3 is 2.54 bits per heavy atom. The van der Waals surface area contributed by atoms with Gasteiger partial charge in [-0.3, -0.25) is 4.79 Å². The zero-order chi connectivity index (χ0) is 17.1. The van der Waals surface area contributed by atoms with Crippen LogP contribution in [0, 0.1) is 0 Å². The molecule has 24 heavy (non-hydrogen) atoms. The van der Waals surface area contributed by atoms with E-state index < -0.39 is 17.9 Å². The summed E-state index contributed by atoms with van der Waals surface area (Å²) in [6.07, 6.45) is 1.88. The predicted molar refractivity (Wildman–Crippen MR) is 89.7 cm³/mol. The Morgan fingerprint density at radius 1 is 1.12 bits per heavy atom. The molecule has 0 spiro atoms. The summed E-state index contributed by atoms with van der Waals surface area (Å²) >= 11 is 5.78. The third-order valence-corrected chi connectivity index (χ3v) is 4.05. The number of hydrogen-bond acceptors (Lipinski definition) is 3. The van der Waals surface area contributed by atoms with Gasteiger partial charge in [0.2, 0.25) is 0 Å². The molecular formula is C18H14ClN2O3-. The molecule has 1 atom stereocenters. The Balaban J connectivity index is 1.79. The Kier molecular flexibility index (Phi) is 4.53. The lowest BCUT2D eigenvalue weighted by molar-refractivity contribution is -0.308. The van der Waals surface area contributed by atoms with Crippen LogP contribution in [0.2, 0.25) is 5.02 Å². The minimum absolute atomic E-state index is 0.131. The van der Waals surface area contributed by atoms with Crippen molar-refractivity contribution in [2.75, 3.05) is 0 Å². The van der Waals surface area contributed by atoms with E-state index in [2.05, 4.69) is 10.3 Å². The maximum absolute atomic E-state index is 12.2. The van der Waals surface area contributed by atoms with Crippen LogP contribution in [0.1, 0.15) is 15.9 Å². The SMILES string of the molecule is O=C(NC(Cc1c[nH]c2ccccc12)C(=O)[O-])c1ccc(Cl)cc1. The molecule has 3 rings (SSSR count). The fourth-order valence-corrected chi connectivity index (χ4v) is 2.68. The van der Waals surface area contributed by atoms with Crippen LogP contribution in [-0.4, -0.2) is 22.9 Å². The van der Waals surface area contributed by atoms with Gasteiger partial charge in [0.05, 0.1) is 12.0 Å². The Bertz CT molecular complexity index is 887. The van der Waals surface area contributed by atoms with Crippen LogP contribution in [0.15, 0.2) is 54.7 Å². The summed E-state index contributed by atoms with van der Waals surface area (Å²) in [4.78, 5) is 26.7. The summed E-state index contributed by atoms with van der Waals surface area (Å²) in [6.45, 7) is 0. The molecule has 1 heterocycles. The van der Waals surface area contributed by atoms with E-state index in [9.17, 15) is 14.7 Å². The molecule has 1 unspecified atom stereocenters. The molecule has 0 bridgehead atoms. The number of aromatic nitrogens is 1. The monoisotopic (exact) mass is 341 g/mol. The highest BCUT2D eigenvalue weighted by Gasteiger charge is 2.17. The van der Waals surface area contributed by atoms with Gasteiger partial charge in [0.25, 0.3) is 5.91 Å². The molecular weight excluding hydrogens is 328 g/mol. The first-order chi connectivity index (χ1) is 11.5. The third kappa shape index (κ3) is 3.41. The van der Waals surface area contributed by atoms with Gasteiger partial charge in [-0.2, -0.15) is 0 Å². The maximum Gasteiger partial charge on any atom is 0.251 e. The van der Waals surface area contributed by atoms with Gasteiger partial charge in [-0.25, -0.2) is 0 Å². The van der Waals surface area contributed by atoms with Crippen LogP contribution < -0.4 is 10.4 Å². The molecule has 0 aliphatic rings. The highest BCUT2D eigenvalue weighted by molar-refractivity contribution is 6.30. The van der Waals surface area contributed by atoms with E-state index in [-0.39, 0.29) is 6.42 Å². The number of rotatable bonds is 5. The molecule has 0 radical (unpaired) electrons. The lowest BCUT2D eigenvalue weighted by atomic mass is 10.0. The number of para-hydroxylation sites is 1. The van der Waals surface area contributed by atoms with Crippen molar-refractivity contribution < 1.29 is 14.7 Å². The van der Waals surface area contributed by atoms with Gasteiger partial charge in [-0.05, 0) is 35.9 Å². The van der Waals surface area contributed by atoms with Gasteiger partial charge < -0.3 is 20.2 Å². The summed E-state index contributed by atoms with van der Waals surface area (Å²) < 4.78 is 0. The fraction of sp³-hybridized carbons (Fsp3) is 0.111. The number of amides is 1. The first-order valence-corrected chi connectivity index (χ1v) is 7.74. The largest absolute Gasteiger partial charge is 0.548 e. The zero-order valence-corrected chi connectivity index (χ0v) is 13.3. The minimum Gasteiger partial charge on any atom is -0.548 e. The molecule has 2 aromatic carbocycles. The van der Waals surface area contributed by atoms with E-state index >= 15 is 0 Å². The molecule has 122 valence electrons. The number of hydrogen-bond donors (Lipinski definition) is 2. The number of H-pyrrole nitrogens is 1. The summed E-state index contributed by atoms with van der Waals surface area (Å²) in [5.41, 5.74) is 2.05. The smallest absolute Gasteiger partial charge is 0.251 e. The third-order valence-electron chi connectivity index (χ3n) is 3.80. The number of benzene rings is 2. The number of carbonyl (C=O) groups excluding carboxylic acids is 2. The Hall–Kier alpha value is -2.79. The quantitative estimate of drug-likeness (QED) is 0.743. The van der Waals surface area contributed by atoms with Gasteiger partial charge in [-0.15, -0.1) is 0 Å². The van der Waals surface area contributed by atoms with Crippen LogP contribution in [-0.2, 0) is 11.2 Å². The molecule has 1 amide bonds. The number of fused-ring (bicyclic) bond motifs is 1. The van der Waals surface area contributed by atoms with Crippen molar-refractivity contribution in [3.63, 3.8) is 0 Å². The van der Waals surface area contributed by atoms with Gasteiger partial charge in [-0.1, -0.05) is 29.8 Å². The van der Waals surface area contributed by atoms with Gasteiger partial charge in [0.15, 0.2) is 0 Å². The number of nitrogens with one attached hydrogen (secondary N) is 2. The number of halogens is 1. The van der Waals surface area contributed by atoms with E-state index in [0.717, 1.165) is 16.5 Å². The summed E-state index contributed by atoms with van der Waals surface area (Å²) in [6, 6.07) is 12.7. The van der Waals surface area contributed by atoms with Gasteiger partial charge >= 0.3 is 0 Å². The minimum atomic E-state index is -1.33. The highest BCUT2D eigenvalue weighted by Crippen LogP contribution is 2.19. The molecule has 0 fully saturated rings. The van der Waals surface area contributed by atoms with E-state index in [0.29, 0.717) is 10.6 Å². The lowest BCUT2D eigenvalue weighted by Gasteiger charge is -2.19. The second-order valence-electron chi connectivity index (χ2n) is 5.42. The van der Waals surface area contributed by atoms with E-state index in [1.54, 1.807) is 18.3 Å². The summed E-state index contributed by atoms with van der Waals surface area (Å²) in [5.74, 6) is -1.82. The zero-order valence-electron chi connectivity index (χ0n) is 12.6. The molecule has 0 aliphatic carbocycles. The summed E-state index contributed by atoms with van der Waals surface area (Å²) in [7, 11) is 0. The average molecular weight is 342 g/mol. The van der Waals surface area contributed by atoms with Crippen molar-refractivity contribution in [1.29, 1.82) is 0 Å². The average Bonchev–Trinajstić information content (AvgIpc) is 2.98. The van der Waals surface area contributed by atoms with Crippen LogP contribution in [0.4, 0.5) is 0 Å². The van der Waals surface area contributed by atoms with E-state index in [4.69, 9.17) is 11.6 Å². The van der Waals surface area contributed by atoms with Gasteiger partial charge in [0.1, 0.15) is 0 Å². The van der Waals surface area contributed by atoms with Crippen LogP contribution in [0.25, 0.3) is 10.9 Å². The second-order valence-corrected chi connectivity index (χ2v) is 5.85. The standard InChI is InChI=1S/C18H15ClN2O3/c19-13-7-5-11(6-8-13)17(22)21-16(18(23)24)9-12-10-20-15-4-2-1-3-14(12)15/h1-8,10,16,20H,9H2,(H,21,22)(H,23,24)/p-1. The fourth-order valence-electron chi connectivity index (χ4n) is 2.56. The number of carbonyl (C=O) groups is 2. The molecule has 0 aliphatic heterocycles. The number of aliphatic carboxylic acids is 1. The molecule has 0 saturated heterocycles. The number of carboxylic acids is 1. The normalized spacial score (nSPS) is 12.0. The molecule has 3 aromatic rings. The molecule has 5 nitrogen and oxygen atoms in total. The maximum atomic E-state index is 12.2. The van der Waals surface area contributed by atoms with Crippen molar-refractivity contribution in [3.05, 3.63) is 70.9 Å². The van der Waals surface area contributed by atoms with Crippen molar-refractivity contribution in [2.24, 2.45) is 0 Å². The second kappa shape index (κ2) is 6.76. The molecule has 1 aromatic heterocycles. The molecule has 6 heteroatoms. The molecule has 2 N–H and O–H groups in total. The van der Waals surface area contributed by atoms with Gasteiger partial charge in [0, 0.05) is 34.1 Å². The van der Waals surface area contributed by atoms with Crippen molar-refractivity contribution >= 4 is 34.4 Å². The molecule has 0 saturated carbocycles.